The Morgan fingerprint density at radius 1 is 1.30 bits per heavy atom. The van der Waals surface area contributed by atoms with Gasteiger partial charge in [0.15, 0.2) is 0 Å². The Balaban J connectivity index is 2.23. The molecule has 126 valence electrons. The van der Waals surface area contributed by atoms with Gasteiger partial charge < -0.3 is 5.11 Å². The average molecular weight is 450 g/mol. The van der Waals surface area contributed by atoms with Crippen molar-refractivity contribution in [3.63, 3.8) is 0 Å². The molecule has 6 nitrogen and oxygen atoms in total. The molecule has 1 heterocycles. The van der Waals surface area contributed by atoms with E-state index in [0.29, 0.717) is 0 Å². The van der Waals surface area contributed by atoms with E-state index in [0.717, 1.165) is 14.8 Å². The molecule has 0 radical (unpaired) electrons. The standard InChI is InChI=1S/C15H19IN2O4S/c1-11-4-6-13(7-5-11)23(20,21)22-10-15(3,9-19)18-14(16)12(2)8-17-18/h4-8,19H,9-10H2,1-3H3. The number of hydrogen-bond donors (Lipinski definition) is 1. The monoisotopic (exact) mass is 450 g/mol. The van der Waals surface area contributed by atoms with Gasteiger partial charge in [0, 0.05) is 5.56 Å². The predicted molar refractivity (Wildman–Crippen MR) is 94.7 cm³/mol. The average Bonchev–Trinajstić information content (AvgIpc) is 2.86. The highest BCUT2D eigenvalue weighted by Gasteiger charge is 2.32. The number of nitrogens with zero attached hydrogens (tertiary/aromatic N) is 2. The van der Waals surface area contributed by atoms with Gasteiger partial charge in [0.2, 0.25) is 0 Å². The molecule has 1 N–H and O–H groups in total. The summed E-state index contributed by atoms with van der Waals surface area (Å²) in [5.41, 5.74) is 0.945. The maximum Gasteiger partial charge on any atom is 0.297 e. The van der Waals surface area contributed by atoms with Crippen LogP contribution in [0.1, 0.15) is 18.1 Å². The van der Waals surface area contributed by atoms with Gasteiger partial charge in [-0.25, -0.2) is 4.68 Å². The van der Waals surface area contributed by atoms with Crippen molar-refractivity contribution in [3.8, 4) is 0 Å². The Hall–Kier alpha value is -0.970. The fourth-order valence-corrected chi connectivity index (χ4v) is 3.80. The first-order valence-corrected chi connectivity index (χ1v) is 9.46. The minimum Gasteiger partial charge on any atom is -0.394 e. The zero-order chi connectivity index (χ0) is 17.3. The van der Waals surface area contributed by atoms with E-state index < -0.39 is 15.7 Å². The van der Waals surface area contributed by atoms with Gasteiger partial charge in [-0.15, -0.1) is 0 Å². The first-order chi connectivity index (χ1) is 10.7. The molecule has 0 saturated carbocycles. The summed E-state index contributed by atoms with van der Waals surface area (Å²) in [5.74, 6) is 0. The van der Waals surface area contributed by atoms with Gasteiger partial charge in [-0.2, -0.15) is 13.5 Å². The van der Waals surface area contributed by atoms with Gasteiger partial charge >= 0.3 is 0 Å². The van der Waals surface area contributed by atoms with Crippen LogP contribution in [0, 0.1) is 17.5 Å². The molecule has 1 aromatic carbocycles. The summed E-state index contributed by atoms with van der Waals surface area (Å²) in [5, 5.41) is 14.0. The normalized spacial score (nSPS) is 14.7. The Kier molecular flexibility index (Phi) is 5.49. The zero-order valence-electron chi connectivity index (χ0n) is 13.2. The highest BCUT2D eigenvalue weighted by Crippen LogP contribution is 2.23. The van der Waals surface area contributed by atoms with Crippen molar-refractivity contribution < 1.29 is 17.7 Å². The summed E-state index contributed by atoms with van der Waals surface area (Å²) >= 11 is 2.11. The highest BCUT2D eigenvalue weighted by molar-refractivity contribution is 14.1. The number of aryl methyl sites for hydroxylation is 2. The predicted octanol–water partition coefficient (Wildman–Crippen LogP) is 2.22. The number of rotatable bonds is 6. The van der Waals surface area contributed by atoms with Crippen LogP contribution in [-0.2, 0) is 19.8 Å². The Bertz CT molecular complexity index is 786. The highest BCUT2D eigenvalue weighted by atomic mass is 127. The maximum atomic E-state index is 12.3. The lowest BCUT2D eigenvalue weighted by Gasteiger charge is -2.28. The second-order valence-corrected chi connectivity index (χ2v) is 8.35. The molecule has 8 heteroatoms. The van der Waals surface area contributed by atoms with Crippen LogP contribution in [0.25, 0.3) is 0 Å². The summed E-state index contributed by atoms with van der Waals surface area (Å²) in [6.07, 6.45) is 1.67. The third-order valence-corrected chi connectivity index (χ3v) is 6.15. The summed E-state index contributed by atoms with van der Waals surface area (Å²) < 4.78 is 32.2. The molecule has 1 atom stereocenters. The Labute approximate surface area is 149 Å². The van der Waals surface area contributed by atoms with Gasteiger partial charge in [-0.05, 0) is 55.5 Å². The van der Waals surface area contributed by atoms with Gasteiger partial charge in [0.05, 0.1) is 24.3 Å². The van der Waals surface area contributed by atoms with Gasteiger partial charge in [0.1, 0.15) is 9.24 Å². The second kappa shape index (κ2) is 6.88. The zero-order valence-corrected chi connectivity index (χ0v) is 16.1. The molecule has 0 aliphatic carbocycles. The molecule has 1 unspecified atom stereocenters. The molecule has 0 spiro atoms. The lowest BCUT2D eigenvalue weighted by atomic mass is 10.1. The van der Waals surface area contributed by atoms with Crippen LogP contribution in [0.3, 0.4) is 0 Å². The number of hydrogen-bond acceptors (Lipinski definition) is 5. The Morgan fingerprint density at radius 3 is 2.39 bits per heavy atom. The number of aromatic nitrogens is 2. The lowest BCUT2D eigenvalue weighted by Crippen LogP contribution is -2.41. The first-order valence-electron chi connectivity index (χ1n) is 6.97. The van der Waals surface area contributed by atoms with Crippen LogP contribution in [0.5, 0.6) is 0 Å². The minimum atomic E-state index is -3.89. The smallest absolute Gasteiger partial charge is 0.297 e. The van der Waals surface area contributed by atoms with Crippen LogP contribution in [-0.4, -0.2) is 36.5 Å². The molecular formula is C15H19IN2O4S. The molecule has 23 heavy (non-hydrogen) atoms. The summed E-state index contributed by atoms with van der Waals surface area (Å²) in [6.45, 7) is 4.96. The van der Waals surface area contributed by atoms with Crippen molar-refractivity contribution in [1.82, 2.24) is 9.78 Å². The quantitative estimate of drug-likeness (QED) is 0.539. The third-order valence-electron chi connectivity index (χ3n) is 3.56. The molecule has 2 aromatic rings. The van der Waals surface area contributed by atoms with E-state index in [9.17, 15) is 13.5 Å². The molecule has 0 fully saturated rings. The number of aliphatic hydroxyl groups is 1. The van der Waals surface area contributed by atoms with Crippen LogP contribution >= 0.6 is 22.6 Å². The van der Waals surface area contributed by atoms with E-state index in [4.69, 9.17) is 4.18 Å². The van der Waals surface area contributed by atoms with Gasteiger partial charge in [-0.1, -0.05) is 17.7 Å². The molecular weight excluding hydrogens is 431 g/mol. The van der Waals surface area contributed by atoms with Crippen LogP contribution in [0.4, 0.5) is 0 Å². The minimum absolute atomic E-state index is 0.0923. The van der Waals surface area contributed by atoms with Crippen molar-refractivity contribution >= 4 is 32.7 Å². The third kappa shape index (κ3) is 3.93. The lowest BCUT2D eigenvalue weighted by molar-refractivity contribution is 0.0796. The fourth-order valence-electron chi connectivity index (χ4n) is 1.94. The largest absolute Gasteiger partial charge is 0.394 e. The molecule has 2 rings (SSSR count). The molecule has 0 aliphatic rings. The van der Waals surface area contributed by atoms with Crippen molar-refractivity contribution in [1.29, 1.82) is 0 Å². The van der Waals surface area contributed by atoms with Crippen molar-refractivity contribution in [2.75, 3.05) is 13.2 Å². The van der Waals surface area contributed by atoms with Crippen molar-refractivity contribution in [2.24, 2.45) is 0 Å². The summed E-state index contributed by atoms with van der Waals surface area (Å²) in [7, 11) is -3.89. The van der Waals surface area contributed by atoms with E-state index in [1.165, 1.54) is 12.1 Å². The van der Waals surface area contributed by atoms with E-state index in [1.807, 2.05) is 13.8 Å². The van der Waals surface area contributed by atoms with Crippen LogP contribution in [0.15, 0.2) is 35.4 Å². The molecule has 0 bridgehead atoms. The van der Waals surface area contributed by atoms with E-state index >= 15 is 0 Å². The maximum absolute atomic E-state index is 12.3. The van der Waals surface area contributed by atoms with Gasteiger partial charge in [-0.3, -0.25) is 4.18 Å². The summed E-state index contributed by atoms with van der Waals surface area (Å²) in [4.78, 5) is 0.0923. The molecule has 0 saturated heterocycles. The van der Waals surface area contributed by atoms with E-state index in [2.05, 4.69) is 27.7 Å². The SMILES string of the molecule is Cc1ccc(S(=O)(=O)OCC(C)(CO)n2ncc(C)c2I)cc1. The first kappa shape index (κ1) is 18.4. The second-order valence-electron chi connectivity index (χ2n) is 5.71. The number of aliphatic hydroxyl groups excluding tert-OH is 1. The fraction of sp³-hybridized carbons (Fsp3) is 0.400. The number of benzene rings is 1. The number of halogens is 1. The summed E-state index contributed by atoms with van der Waals surface area (Å²) in [6, 6.07) is 6.42. The molecule has 0 amide bonds. The van der Waals surface area contributed by atoms with Crippen molar-refractivity contribution in [2.45, 2.75) is 31.2 Å². The Morgan fingerprint density at radius 2 is 1.91 bits per heavy atom. The molecule has 0 aliphatic heterocycles. The van der Waals surface area contributed by atoms with Crippen LogP contribution in [0.2, 0.25) is 0 Å². The topological polar surface area (TPSA) is 81.4 Å². The van der Waals surface area contributed by atoms with Crippen LogP contribution < -0.4 is 0 Å². The van der Waals surface area contributed by atoms with E-state index in [-0.39, 0.29) is 18.1 Å². The molecule has 1 aromatic heterocycles. The van der Waals surface area contributed by atoms with Gasteiger partial charge in [0.25, 0.3) is 10.1 Å². The van der Waals surface area contributed by atoms with E-state index in [1.54, 1.807) is 29.9 Å². The van der Waals surface area contributed by atoms with Crippen molar-refractivity contribution in [3.05, 3.63) is 45.3 Å².